The molecule has 18 heavy (non-hydrogen) atoms. The van der Waals surface area contributed by atoms with Crippen molar-refractivity contribution in [2.24, 2.45) is 0 Å². The smallest absolute Gasteiger partial charge is 0.146 e. The van der Waals surface area contributed by atoms with E-state index in [1.54, 1.807) is 20.1 Å². The zero-order valence-electron chi connectivity index (χ0n) is 10.3. The van der Waals surface area contributed by atoms with Crippen molar-refractivity contribution in [3.05, 3.63) is 27.7 Å². The van der Waals surface area contributed by atoms with Gasteiger partial charge in [0.1, 0.15) is 11.5 Å². The topological polar surface area (TPSA) is 38.3 Å². The third-order valence-corrected chi connectivity index (χ3v) is 4.16. The van der Waals surface area contributed by atoms with Gasteiger partial charge in [0.25, 0.3) is 0 Å². The van der Waals surface area contributed by atoms with Crippen LogP contribution in [0.5, 0.6) is 5.75 Å². The molecule has 1 N–H and O–H groups in total. The minimum Gasteiger partial charge on any atom is -0.496 e. The van der Waals surface area contributed by atoms with Crippen molar-refractivity contribution >= 4 is 29.0 Å². The lowest BCUT2D eigenvalue weighted by atomic mass is 9.94. The van der Waals surface area contributed by atoms with Crippen LogP contribution in [0, 0.1) is 0 Å². The normalized spacial score (nSPS) is 23.1. The van der Waals surface area contributed by atoms with Crippen LogP contribution in [0.1, 0.15) is 24.8 Å². The average molecular weight is 288 g/mol. The summed E-state index contributed by atoms with van der Waals surface area (Å²) in [6.07, 6.45) is 0.728. The molecule has 5 heteroatoms. The Morgan fingerprint density at radius 3 is 2.72 bits per heavy atom. The number of Topliss-reactive ketones (excluding diaryl/α,β-unsaturated/α-hetero) is 1. The van der Waals surface area contributed by atoms with Crippen LogP contribution in [0.4, 0.5) is 0 Å². The van der Waals surface area contributed by atoms with E-state index in [1.807, 2.05) is 6.07 Å². The molecule has 0 aromatic heterocycles. The van der Waals surface area contributed by atoms with Crippen LogP contribution in [-0.2, 0) is 4.79 Å². The number of methoxy groups -OCH3 is 1. The second kappa shape index (κ2) is 5.47. The van der Waals surface area contributed by atoms with Gasteiger partial charge in [-0.2, -0.15) is 0 Å². The highest BCUT2D eigenvalue weighted by molar-refractivity contribution is 6.42. The van der Waals surface area contributed by atoms with E-state index in [9.17, 15) is 4.79 Å². The Balaban J connectivity index is 2.34. The Bertz CT molecular complexity index is 476. The fourth-order valence-electron chi connectivity index (χ4n) is 2.37. The summed E-state index contributed by atoms with van der Waals surface area (Å²) in [4.78, 5) is 11.4. The zero-order valence-corrected chi connectivity index (χ0v) is 11.8. The zero-order chi connectivity index (χ0) is 13.3. The number of carbonyl (C=O) groups is 1. The highest BCUT2D eigenvalue weighted by atomic mass is 35.5. The summed E-state index contributed by atoms with van der Waals surface area (Å²) in [6, 6.07) is 3.43. The predicted molar refractivity (Wildman–Crippen MR) is 72.8 cm³/mol. The van der Waals surface area contributed by atoms with Gasteiger partial charge in [0, 0.05) is 18.0 Å². The minimum atomic E-state index is -0.102. The molecule has 98 valence electrons. The fraction of sp³-hybridized carbons (Fsp3) is 0.462. The minimum absolute atomic E-state index is 0.102. The van der Waals surface area contributed by atoms with E-state index in [-0.39, 0.29) is 17.7 Å². The Hall–Kier alpha value is -0.770. The number of carbonyl (C=O) groups excluding carboxylic acids is 1. The summed E-state index contributed by atoms with van der Waals surface area (Å²) < 4.78 is 5.33. The van der Waals surface area contributed by atoms with Gasteiger partial charge in [-0.3, -0.25) is 4.79 Å². The molecule has 0 radical (unpaired) electrons. The number of benzene rings is 1. The summed E-state index contributed by atoms with van der Waals surface area (Å²) in [6.45, 7) is 2.30. The van der Waals surface area contributed by atoms with E-state index >= 15 is 0 Å². The number of hydrogen-bond acceptors (Lipinski definition) is 3. The summed E-state index contributed by atoms with van der Waals surface area (Å²) in [5.74, 6) is 1.02. The van der Waals surface area contributed by atoms with Gasteiger partial charge < -0.3 is 10.1 Å². The van der Waals surface area contributed by atoms with Gasteiger partial charge >= 0.3 is 0 Å². The molecule has 0 unspecified atom stereocenters. The number of hydrogen-bond donors (Lipinski definition) is 1. The quantitative estimate of drug-likeness (QED) is 0.929. The molecule has 0 aliphatic carbocycles. The lowest BCUT2D eigenvalue weighted by Crippen LogP contribution is -2.28. The predicted octanol–water partition coefficient (Wildman–Crippen LogP) is 3.04. The first kappa shape index (κ1) is 13.7. The third kappa shape index (κ3) is 2.48. The maximum absolute atomic E-state index is 11.4. The first-order valence-electron chi connectivity index (χ1n) is 5.80. The van der Waals surface area contributed by atoms with Gasteiger partial charge in [0.2, 0.25) is 0 Å². The van der Waals surface area contributed by atoms with E-state index in [2.05, 4.69) is 5.32 Å². The molecule has 1 aliphatic heterocycles. The molecule has 1 aromatic rings. The second-order valence-electron chi connectivity index (χ2n) is 4.48. The molecular formula is C13H15Cl2NO2. The Labute approximate surface area is 116 Å². The van der Waals surface area contributed by atoms with E-state index in [4.69, 9.17) is 27.9 Å². The van der Waals surface area contributed by atoms with E-state index < -0.39 is 0 Å². The molecular weight excluding hydrogens is 273 g/mol. The van der Waals surface area contributed by atoms with Crippen molar-refractivity contribution in [3.63, 3.8) is 0 Å². The van der Waals surface area contributed by atoms with Gasteiger partial charge in [0.05, 0.1) is 23.2 Å². The molecule has 0 spiro atoms. The molecule has 2 atom stereocenters. The molecule has 0 saturated carbocycles. The van der Waals surface area contributed by atoms with Gasteiger partial charge in [0.15, 0.2) is 0 Å². The molecule has 2 rings (SSSR count). The standard InChI is InChI=1S/C13H15Cl2NO2/c1-7(17)10-5-8(6-16-10)12-11(18-2)4-3-9(14)13(12)15/h3-4,8,10,16H,5-6H2,1-2H3/t8-,10-/m0/s1. The summed E-state index contributed by atoms with van der Waals surface area (Å²) in [5, 5.41) is 4.23. The van der Waals surface area contributed by atoms with Crippen molar-refractivity contribution < 1.29 is 9.53 Å². The largest absolute Gasteiger partial charge is 0.496 e. The summed E-state index contributed by atoms with van der Waals surface area (Å²) >= 11 is 12.3. The Morgan fingerprint density at radius 2 is 2.17 bits per heavy atom. The molecule has 1 heterocycles. The number of halogens is 2. The van der Waals surface area contributed by atoms with E-state index in [1.165, 1.54) is 0 Å². The highest BCUT2D eigenvalue weighted by Crippen LogP contribution is 2.41. The SMILES string of the molecule is COc1ccc(Cl)c(Cl)c1[C@@H]1CN[C@H](C(C)=O)C1. The average Bonchev–Trinajstić information content (AvgIpc) is 2.81. The van der Waals surface area contributed by atoms with Crippen molar-refractivity contribution in [3.8, 4) is 5.75 Å². The Morgan fingerprint density at radius 1 is 1.44 bits per heavy atom. The number of nitrogens with one attached hydrogen (secondary N) is 1. The lowest BCUT2D eigenvalue weighted by Gasteiger charge is -2.16. The summed E-state index contributed by atoms with van der Waals surface area (Å²) in [7, 11) is 1.61. The van der Waals surface area contributed by atoms with Crippen LogP contribution in [0.2, 0.25) is 10.0 Å². The number of rotatable bonds is 3. The van der Waals surface area contributed by atoms with Crippen LogP contribution in [0.15, 0.2) is 12.1 Å². The van der Waals surface area contributed by atoms with Crippen molar-refractivity contribution in [2.45, 2.75) is 25.3 Å². The molecule has 1 aromatic carbocycles. The van der Waals surface area contributed by atoms with Crippen LogP contribution in [0.25, 0.3) is 0 Å². The van der Waals surface area contributed by atoms with E-state index in [0.717, 1.165) is 17.7 Å². The fourth-order valence-corrected chi connectivity index (χ4v) is 2.85. The summed E-state index contributed by atoms with van der Waals surface area (Å²) in [5.41, 5.74) is 0.892. The van der Waals surface area contributed by atoms with Crippen molar-refractivity contribution in [1.82, 2.24) is 5.32 Å². The molecule has 3 nitrogen and oxygen atoms in total. The number of ketones is 1. The van der Waals surface area contributed by atoms with Crippen molar-refractivity contribution in [2.75, 3.05) is 13.7 Å². The molecule has 1 fully saturated rings. The maximum atomic E-state index is 11.4. The van der Waals surface area contributed by atoms with Crippen LogP contribution >= 0.6 is 23.2 Å². The van der Waals surface area contributed by atoms with Gasteiger partial charge in [-0.1, -0.05) is 23.2 Å². The third-order valence-electron chi connectivity index (χ3n) is 3.34. The second-order valence-corrected chi connectivity index (χ2v) is 5.27. The van der Waals surface area contributed by atoms with Crippen LogP contribution < -0.4 is 10.1 Å². The molecule has 1 aliphatic rings. The molecule has 0 bridgehead atoms. The van der Waals surface area contributed by atoms with E-state index in [0.29, 0.717) is 16.6 Å². The van der Waals surface area contributed by atoms with Crippen LogP contribution in [-0.4, -0.2) is 25.5 Å². The highest BCUT2D eigenvalue weighted by Gasteiger charge is 2.31. The maximum Gasteiger partial charge on any atom is 0.146 e. The first-order valence-corrected chi connectivity index (χ1v) is 6.56. The van der Waals surface area contributed by atoms with Gasteiger partial charge in [-0.15, -0.1) is 0 Å². The Kier molecular flexibility index (Phi) is 4.15. The van der Waals surface area contributed by atoms with Crippen LogP contribution in [0.3, 0.4) is 0 Å². The molecule has 0 amide bonds. The molecule has 1 saturated heterocycles. The monoisotopic (exact) mass is 287 g/mol. The van der Waals surface area contributed by atoms with Crippen molar-refractivity contribution in [1.29, 1.82) is 0 Å². The lowest BCUT2D eigenvalue weighted by molar-refractivity contribution is -0.118. The van der Waals surface area contributed by atoms with Gasteiger partial charge in [-0.25, -0.2) is 0 Å². The number of ether oxygens (including phenoxy) is 1. The van der Waals surface area contributed by atoms with Gasteiger partial charge in [-0.05, 0) is 25.5 Å². The first-order chi connectivity index (χ1) is 8.54.